The van der Waals surface area contributed by atoms with Crippen molar-refractivity contribution in [1.82, 2.24) is 10.2 Å². The predicted octanol–water partition coefficient (Wildman–Crippen LogP) is 2.67. The van der Waals surface area contributed by atoms with Crippen molar-refractivity contribution < 1.29 is 37.1 Å². The number of hydrogen-bond donors (Lipinski definition) is 3. The third kappa shape index (κ3) is 7.69. The molecule has 2 fully saturated rings. The number of hydrogen-bond acceptors (Lipinski definition) is 8. The van der Waals surface area contributed by atoms with Gasteiger partial charge in [0.05, 0.1) is 24.1 Å². The summed E-state index contributed by atoms with van der Waals surface area (Å²) in [6, 6.07) is 11.0. The Morgan fingerprint density at radius 3 is 2.49 bits per heavy atom. The Bertz CT molecular complexity index is 1340. The predicted molar refractivity (Wildman–Crippen MR) is 141 cm³/mol. The van der Waals surface area contributed by atoms with Gasteiger partial charge in [-0.1, -0.05) is 17.7 Å². The van der Waals surface area contributed by atoms with Crippen LogP contribution < -0.4 is 14.8 Å². The van der Waals surface area contributed by atoms with Gasteiger partial charge in [-0.25, -0.2) is 4.79 Å². The molecule has 0 radical (unpaired) electrons. The number of nitriles is 1. The molecular weight excluding hydrogens is 526 g/mol. The van der Waals surface area contributed by atoms with E-state index in [-0.39, 0.29) is 28.8 Å². The summed E-state index contributed by atoms with van der Waals surface area (Å²) in [6.45, 7) is 4.62. The van der Waals surface area contributed by atoms with Crippen LogP contribution >= 0.6 is 0 Å². The molecule has 2 saturated heterocycles. The van der Waals surface area contributed by atoms with E-state index < -0.39 is 22.7 Å². The molecule has 2 aliphatic heterocycles. The number of nitrogens with zero attached hydrogens (tertiary/aromatic N) is 2. The van der Waals surface area contributed by atoms with E-state index in [4.69, 9.17) is 19.1 Å². The second-order valence-electron chi connectivity index (χ2n) is 9.54. The number of rotatable bonds is 7. The number of carbonyl (C=O) groups excluding carboxylic acids is 1. The van der Waals surface area contributed by atoms with Crippen LogP contribution in [0.1, 0.15) is 41.9 Å². The molecule has 1 amide bonds. The first-order chi connectivity index (χ1) is 18.4. The fourth-order valence-electron chi connectivity index (χ4n) is 4.87. The highest BCUT2D eigenvalue weighted by Crippen LogP contribution is 2.38. The summed E-state index contributed by atoms with van der Waals surface area (Å²) in [4.78, 5) is 25.2. The van der Waals surface area contributed by atoms with Crippen molar-refractivity contribution in [3.63, 3.8) is 0 Å². The number of carboxylic acids is 1. The van der Waals surface area contributed by atoms with Gasteiger partial charge in [0.25, 0.3) is 10.1 Å². The lowest BCUT2D eigenvalue weighted by atomic mass is 9.91. The average Bonchev–Trinajstić information content (AvgIpc) is 3.57. The number of carbonyl (C=O) groups is 2. The maximum atomic E-state index is 12.8. The fraction of sp³-hybridized carbons (Fsp3) is 0.444. The smallest absolute Gasteiger partial charge is 0.341 e. The standard InChI is InChI=1S/C20H25N3O5.C7H8O3S/c1-12-6-15(28-11-18(24)25)8-17(27-2)19(12)13-7-16(22-10-13)20(26)23-5-3-4-14(23)9-21;1-6-2-4-7(5-3-6)11(8,9)10/h6,8,13-14,16,22H,3-5,7,10-11H2,1-2H3,(H,24,25);2-5H,1H3,(H,8,9,10)/t13-,14-,16-;/m0./s1. The third-order valence-electron chi connectivity index (χ3n) is 6.75. The van der Waals surface area contributed by atoms with Crippen molar-refractivity contribution >= 4 is 22.0 Å². The van der Waals surface area contributed by atoms with E-state index in [2.05, 4.69) is 11.4 Å². The second-order valence-corrected chi connectivity index (χ2v) is 11.0. The van der Waals surface area contributed by atoms with Crippen LogP contribution in [-0.2, 0) is 19.7 Å². The molecule has 2 aromatic rings. The summed E-state index contributed by atoms with van der Waals surface area (Å²) in [5.41, 5.74) is 2.87. The topological polar surface area (TPSA) is 166 Å². The number of amides is 1. The van der Waals surface area contributed by atoms with Gasteiger partial charge in [0.2, 0.25) is 5.91 Å². The van der Waals surface area contributed by atoms with Gasteiger partial charge in [0, 0.05) is 30.6 Å². The summed E-state index contributed by atoms with van der Waals surface area (Å²) in [6.07, 6.45) is 2.23. The molecule has 0 aliphatic carbocycles. The van der Waals surface area contributed by atoms with Crippen molar-refractivity contribution in [3.8, 4) is 17.6 Å². The molecule has 2 aromatic carbocycles. The first kappa shape index (κ1) is 29.9. The summed E-state index contributed by atoms with van der Waals surface area (Å²) in [5, 5.41) is 21.3. The summed E-state index contributed by atoms with van der Waals surface area (Å²) in [7, 11) is -2.46. The quantitative estimate of drug-likeness (QED) is 0.429. The van der Waals surface area contributed by atoms with Crippen LogP contribution in [0.4, 0.5) is 0 Å². The zero-order chi connectivity index (χ0) is 28.7. The van der Waals surface area contributed by atoms with E-state index in [1.165, 1.54) is 12.1 Å². The van der Waals surface area contributed by atoms with Gasteiger partial charge in [-0.05, 0) is 56.9 Å². The molecule has 0 bridgehead atoms. The number of aryl methyl sites for hydroxylation is 2. The summed E-state index contributed by atoms with van der Waals surface area (Å²) >= 11 is 0. The van der Waals surface area contributed by atoms with E-state index in [0.717, 1.165) is 29.5 Å². The number of carboxylic acid groups (broad SMARTS) is 1. The molecule has 2 aliphatic rings. The zero-order valence-electron chi connectivity index (χ0n) is 22.1. The molecule has 3 N–H and O–H groups in total. The first-order valence-electron chi connectivity index (χ1n) is 12.4. The molecule has 0 spiro atoms. The van der Waals surface area contributed by atoms with E-state index in [1.807, 2.05) is 13.8 Å². The van der Waals surface area contributed by atoms with Gasteiger partial charge < -0.3 is 24.8 Å². The summed E-state index contributed by atoms with van der Waals surface area (Å²) in [5.74, 6) is 0.0918. The second kappa shape index (κ2) is 12.9. The van der Waals surface area contributed by atoms with E-state index in [0.29, 0.717) is 31.0 Å². The number of benzene rings is 2. The molecule has 11 nitrogen and oxygen atoms in total. The number of likely N-dealkylation sites (tertiary alicyclic amines) is 1. The lowest BCUT2D eigenvalue weighted by Gasteiger charge is -2.23. The minimum absolute atomic E-state index is 0.00965. The van der Waals surface area contributed by atoms with Gasteiger partial charge in [0.1, 0.15) is 17.5 Å². The van der Waals surface area contributed by atoms with Crippen molar-refractivity contribution in [2.45, 2.75) is 56.0 Å². The van der Waals surface area contributed by atoms with Gasteiger partial charge in [-0.15, -0.1) is 0 Å². The lowest BCUT2D eigenvalue weighted by Crippen LogP contribution is -2.45. The Kier molecular flexibility index (Phi) is 9.91. The number of aliphatic carboxylic acids is 1. The average molecular weight is 560 g/mol. The Labute approximate surface area is 228 Å². The third-order valence-corrected chi connectivity index (χ3v) is 7.61. The first-order valence-corrected chi connectivity index (χ1v) is 13.9. The molecular formula is C27H33N3O8S. The van der Waals surface area contributed by atoms with Crippen molar-refractivity contribution in [1.29, 1.82) is 5.26 Å². The molecule has 2 heterocycles. The molecule has 0 unspecified atom stereocenters. The summed E-state index contributed by atoms with van der Waals surface area (Å²) < 4.78 is 40.3. The van der Waals surface area contributed by atoms with Crippen LogP contribution in [0.5, 0.6) is 11.5 Å². The minimum Gasteiger partial charge on any atom is -0.496 e. The lowest BCUT2D eigenvalue weighted by molar-refractivity contribution is -0.139. The van der Waals surface area contributed by atoms with Crippen LogP contribution in [0.2, 0.25) is 0 Å². The highest BCUT2D eigenvalue weighted by molar-refractivity contribution is 7.85. The largest absolute Gasteiger partial charge is 0.496 e. The van der Waals surface area contributed by atoms with Crippen LogP contribution in [0.15, 0.2) is 41.3 Å². The molecule has 12 heteroatoms. The Hall–Kier alpha value is -3.66. The number of ether oxygens (including phenoxy) is 2. The van der Waals surface area contributed by atoms with Crippen LogP contribution in [0.3, 0.4) is 0 Å². The van der Waals surface area contributed by atoms with E-state index in [1.54, 1.807) is 36.3 Å². The monoisotopic (exact) mass is 559 g/mol. The molecule has 0 saturated carbocycles. The molecule has 39 heavy (non-hydrogen) atoms. The van der Waals surface area contributed by atoms with Crippen molar-refractivity contribution in [2.75, 3.05) is 26.8 Å². The van der Waals surface area contributed by atoms with Gasteiger partial charge in [-0.3, -0.25) is 9.35 Å². The number of nitrogens with one attached hydrogen (secondary N) is 1. The normalized spacial score (nSPS) is 20.5. The van der Waals surface area contributed by atoms with Gasteiger partial charge >= 0.3 is 5.97 Å². The van der Waals surface area contributed by atoms with Crippen LogP contribution in [0.25, 0.3) is 0 Å². The molecule has 210 valence electrons. The maximum Gasteiger partial charge on any atom is 0.341 e. The maximum absolute atomic E-state index is 12.8. The van der Waals surface area contributed by atoms with Gasteiger partial charge in [0.15, 0.2) is 6.61 Å². The molecule has 3 atom stereocenters. The molecule has 0 aromatic heterocycles. The van der Waals surface area contributed by atoms with E-state index >= 15 is 0 Å². The Morgan fingerprint density at radius 1 is 1.21 bits per heavy atom. The Morgan fingerprint density at radius 2 is 1.90 bits per heavy atom. The van der Waals surface area contributed by atoms with Crippen molar-refractivity contribution in [2.24, 2.45) is 0 Å². The Balaban J connectivity index is 0.000000320. The van der Waals surface area contributed by atoms with Crippen molar-refractivity contribution in [3.05, 3.63) is 53.1 Å². The zero-order valence-corrected chi connectivity index (χ0v) is 22.9. The highest BCUT2D eigenvalue weighted by atomic mass is 32.2. The highest BCUT2D eigenvalue weighted by Gasteiger charge is 2.38. The van der Waals surface area contributed by atoms with E-state index in [9.17, 15) is 23.3 Å². The molecule has 4 rings (SSSR count). The fourth-order valence-corrected chi connectivity index (χ4v) is 5.35. The van der Waals surface area contributed by atoms with Gasteiger partial charge in [-0.2, -0.15) is 13.7 Å². The SMILES string of the molecule is COc1cc(OCC(=O)O)cc(C)c1[C@@H]1CN[C@H](C(=O)N2CCC[C@H]2C#N)C1.Cc1ccc(S(=O)(=O)O)cc1. The van der Waals surface area contributed by atoms with Crippen LogP contribution in [0, 0.1) is 25.2 Å². The van der Waals surface area contributed by atoms with Crippen LogP contribution in [-0.4, -0.2) is 73.7 Å². The minimum atomic E-state index is -4.02. The number of methoxy groups -OCH3 is 1.